The number of nitrogens with one attached hydrogen (secondary N) is 1. The van der Waals surface area contributed by atoms with Gasteiger partial charge in [-0.2, -0.15) is 0 Å². The number of hydrogen-bond donors (Lipinski definition) is 3. The van der Waals surface area contributed by atoms with Crippen molar-refractivity contribution in [2.24, 2.45) is 7.05 Å². The van der Waals surface area contributed by atoms with Crippen molar-refractivity contribution in [1.29, 1.82) is 0 Å². The molecule has 0 aliphatic rings. The number of carboxylic acids is 1. The van der Waals surface area contributed by atoms with Crippen molar-refractivity contribution in [3.05, 3.63) is 35.9 Å². The quantitative estimate of drug-likeness (QED) is 0.686. The van der Waals surface area contributed by atoms with Crippen LogP contribution in [-0.2, 0) is 13.5 Å². The molecule has 0 fully saturated rings. The van der Waals surface area contributed by atoms with Crippen LogP contribution in [0.25, 0.3) is 0 Å². The third-order valence-corrected chi connectivity index (χ3v) is 2.74. The molecule has 0 spiro atoms. The molecule has 7 nitrogen and oxygen atoms in total. The highest BCUT2D eigenvalue weighted by atomic mass is 16.4. The third-order valence-electron chi connectivity index (χ3n) is 2.74. The molecule has 7 heteroatoms. The summed E-state index contributed by atoms with van der Waals surface area (Å²) in [6, 6.07) is 4.67. The number of aromatic carboxylic acids is 1. The molecule has 0 saturated carbocycles. The van der Waals surface area contributed by atoms with E-state index in [2.05, 4.69) is 15.5 Å². The molecule has 0 aliphatic carbocycles. The zero-order valence-corrected chi connectivity index (χ0v) is 10.5. The lowest BCUT2D eigenvalue weighted by Gasteiger charge is -2.10. The number of nitrogen functional groups attached to an aromatic ring is 1. The Morgan fingerprint density at radius 1 is 1.53 bits per heavy atom. The molecule has 2 rings (SSSR count). The first-order valence-electron chi connectivity index (χ1n) is 5.77. The van der Waals surface area contributed by atoms with E-state index in [-0.39, 0.29) is 5.56 Å². The maximum absolute atomic E-state index is 11.1. The van der Waals surface area contributed by atoms with Crippen molar-refractivity contribution in [2.75, 3.05) is 17.6 Å². The summed E-state index contributed by atoms with van der Waals surface area (Å²) in [7, 11) is 1.86. The van der Waals surface area contributed by atoms with Crippen LogP contribution in [0, 0.1) is 0 Å². The molecule has 0 saturated heterocycles. The van der Waals surface area contributed by atoms with Crippen LogP contribution < -0.4 is 11.1 Å². The van der Waals surface area contributed by atoms with Crippen LogP contribution in [0.2, 0.25) is 0 Å². The zero-order chi connectivity index (χ0) is 13.8. The van der Waals surface area contributed by atoms with E-state index in [0.717, 1.165) is 5.82 Å². The van der Waals surface area contributed by atoms with Gasteiger partial charge in [-0.25, -0.2) is 4.79 Å². The Hall–Kier alpha value is -2.57. The molecular weight excluding hydrogens is 246 g/mol. The normalized spacial score (nSPS) is 10.4. The van der Waals surface area contributed by atoms with Crippen LogP contribution in [0.3, 0.4) is 0 Å². The van der Waals surface area contributed by atoms with Gasteiger partial charge in [0.1, 0.15) is 12.2 Å². The van der Waals surface area contributed by atoms with Crippen molar-refractivity contribution in [3.63, 3.8) is 0 Å². The molecule has 0 unspecified atom stereocenters. The maximum Gasteiger partial charge on any atom is 0.337 e. The Kier molecular flexibility index (Phi) is 3.65. The lowest BCUT2D eigenvalue weighted by atomic mass is 10.1. The number of anilines is 2. The van der Waals surface area contributed by atoms with Gasteiger partial charge in [-0.1, -0.05) is 0 Å². The largest absolute Gasteiger partial charge is 0.478 e. The minimum Gasteiger partial charge on any atom is -0.478 e. The van der Waals surface area contributed by atoms with Crippen molar-refractivity contribution >= 4 is 17.3 Å². The van der Waals surface area contributed by atoms with E-state index >= 15 is 0 Å². The second-order valence-corrected chi connectivity index (χ2v) is 4.15. The van der Waals surface area contributed by atoms with Gasteiger partial charge in [-0.15, -0.1) is 10.2 Å². The van der Waals surface area contributed by atoms with Crippen LogP contribution >= 0.6 is 0 Å². The topological polar surface area (TPSA) is 106 Å². The van der Waals surface area contributed by atoms with Crippen molar-refractivity contribution in [1.82, 2.24) is 14.8 Å². The molecule has 0 aliphatic heterocycles. The van der Waals surface area contributed by atoms with E-state index in [1.807, 2.05) is 11.6 Å². The van der Waals surface area contributed by atoms with Crippen LogP contribution in [0.1, 0.15) is 16.2 Å². The lowest BCUT2D eigenvalue weighted by Crippen LogP contribution is -2.12. The summed E-state index contributed by atoms with van der Waals surface area (Å²) in [6.07, 6.45) is 2.27. The second kappa shape index (κ2) is 5.38. The first-order chi connectivity index (χ1) is 9.08. The summed E-state index contributed by atoms with van der Waals surface area (Å²) in [5.74, 6) is -0.158. The van der Waals surface area contributed by atoms with Gasteiger partial charge in [0.05, 0.1) is 11.3 Å². The van der Waals surface area contributed by atoms with E-state index in [1.54, 1.807) is 18.5 Å². The number of aryl methyl sites for hydroxylation is 1. The fraction of sp³-hybridized carbons (Fsp3) is 0.250. The van der Waals surface area contributed by atoms with Crippen molar-refractivity contribution in [3.8, 4) is 0 Å². The van der Waals surface area contributed by atoms with E-state index in [9.17, 15) is 4.79 Å². The highest BCUT2D eigenvalue weighted by Crippen LogP contribution is 2.19. The molecule has 4 N–H and O–H groups in total. The van der Waals surface area contributed by atoms with Gasteiger partial charge >= 0.3 is 5.97 Å². The van der Waals surface area contributed by atoms with Crippen molar-refractivity contribution < 1.29 is 9.90 Å². The molecule has 0 radical (unpaired) electrons. The van der Waals surface area contributed by atoms with Crippen LogP contribution in [0.4, 0.5) is 11.4 Å². The first kappa shape index (κ1) is 12.9. The number of nitrogens with two attached hydrogens (primary N) is 1. The van der Waals surface area contributed by atoms with Gasteiger partial charge in [0, 0.05) is 25.7 Å². The molecule has 0 atom stereocenters. The first-order valence-corrected chi connectivity index (χ1v) is 5.77. The van der Waals surface area contributed by atoms with Crippen molar-refractivity contribution in [2.45, 2.75) is 6.42 Å². The molecule has 1 heterocycles. The summed E-state index contributed by atoms with van der Waals surface area (Å²) in [5, 5.41) is 19.9. The van der Waals surface area contributed by atoms with Crippen LogP contribution in [-0.4, -0.2) is 32.4 Å². The predicted molar refractivity (Wildman–Crippen MR) is 71.0 cm³/mol. The van der Waals surface area contributed by atoms with Gasteiger partial charge in [0.25, 0.3) is 0 Å². The summed E-state index contributed by atoms with van der Waals surface area (Å²) in [4.78, 5) is 11.1. The molecule has 2 aromatic rings. The summed E-state index contributed by atoms with van der Waals surface area (Å²) in [5.41, 5.74) is 6.89. The third kappa shape index (κ3) is 3.01. The van der Waals surface area contributed by atoms with Gasteiger partial charge in [-0.3, -0.25) is 0 Å². The SMILES string of the molecule is Cn1cnnc1CCNc1cc(N)ccc1C(=O)O. The minimum atomic E-state index is -0.985. The molecule has 0 amide bonds. The Bertz CT molecular complexity index is 594. The smallest absolute Gasteiger partial charge is 0.337 e. The average molecular weight is 261 g/mol. The number of carboxylic acid groups (broad SMARTS) is 1. The molecule has 100 valence electrons. The fourth-order valence-corrected chi connectivity index (χ4v) is 1.74. The van der Waals surface area contributed by atoms with E-state index in [0.29, 0.717) is 24.3 Å². The number of aromatic nitrogens is 3. The summed E-state index contributed by atoms with van der Waals surface area (Å²) in [6.45, 7) is 0.552. The van der Waals surface area contributed by atoms with E-state index in [4.69, 9.17) is 10.8 Å². The average Bonchev–Trinajstić information content (AvgIpc) is 2.75. The molecule has 0 bridgehead atoms. The number of nitrogens with zero attached hydrogens (tertiary/aromatic N) is 3. The Labute approximate surface area is 110 Å². The number of benzene rings is 1. The maximum atomic E-state index is 11.1. The fourth-order valence-electron chi connectivity index (χ4n) is 1.74. The molecule has 1 aromatic carbocycles. The van der Waals surface area contributed by atoms with Gasteiger partial charge in [0.15, 0.2) is 0 Å². The van der Waals surface area contributed by atoms with Gasteiger partial charge in [0.2, 0.25) is 0 Å². The summed E-state index contributed by atoms with van der Waals surface area (Å²) >= 11 is 0. The predicted octanol–water partition coefficient (Wildman–Crippen LogP) is 0.750. The lowest BCUT2D eigenvalue weighted by molar-refractivity contribution is 0.0698. The molecule has 19 heavy (non-hydrogen) atoms. The molecular formula is C12H15N5O2. The number of rotatable bonds is 5. The van der Waals surface area contributed by atoms with E-state index < -0.39 is 5.97 Å². The van der Waals surface area contributed by atoms with Gasteiger partial charge in [-0.05, 0) is 18.2 Å². The van der Waals surface area contributed by atoms with Crippen LogP contribution in [0.15, 0.2) is 24.5 Å². The Morgan fingerprint density at radius 2 is 2.32 bits per heavy atom. The zero-order valence-electron chi connectivity index (χ0n) is 10.5. The minimum absolute atomic E-state index is 0.201. The molecule has 1 aromatic heterocycles. The van der Waals surface area contributed by atoms with E-state index in [1.165, 1.54) is 6.07 Å². The Balaban J connectivity index is 2.05. The second-order valence-electron chi connectivity index (χ2n) is 4.15. The van der Waals surface area contributed by atoms with Crippen LogP contribution in [0.5, 0.6) is 0 Å². The highest BCUT2D eigenvalue weighted by molar-refractivity contribution is 5.95. The highest BCUT2D eigenvalue weighted by Gasteiger charge is 2.10. The number of carbonyl (C=O) groups is 1. The standard InChI is InChI=1S/C12H15N5O2/c1-17-7-15-16-11(17)4-5-14-10-6-8(13)2-3-9(10)12(18)19/h2-3,6-7,14H,4-5,13H2,1H3,(H,18,19). The van der Waals surface area contributed by atoms with Gasteiger partial charge < -0.3 is 20.7 Å². The number of hydrogen-bond acceptors (Lipinski definition) is 5. The monoisotopic (exact) mass is 261 g/mol. The Morgan fingerprint density at radius 3 is 2.95 bits per heavy atom. The summed E-state index contributed by atoms with van der Waals surface area (Å²) < 4.78 is 1.82.